The first kappa shape index (κ1) is 21.2. The van der Waals surface area contributed by atoms with Gasteiger partial charge >= 0.3 is 5.97 Å². The van der Waals surface area contributed by atoms with Crippen LogP contribution in [0.5, 0.6) is 11.5 Å². The van der Waals surface area contributed by atoms with Crippen molar-refractivity contribution in [2.75, 3.05) is 13.2 Å². The van der Waals surface area contributed by atoms with Crippen LogP contribution in [-0.2, 0) is 4.79 Å². The van der Waals surface area contributed by atoms with Gasteiger partial charge in [-0.15, -0.1) is 0 Å². The van der Waals surface area contributed by atoms with Crippen molar-refractivity contribution in [1.29, 1.82) is 0 Å². The second-order valence-electron chi connectivity index (χ2n) is 5.55. The first-order valence-electron chi connectivity index (χ1n) is 8.47. The number of hydrogen-bond donors (Lipinski definition) is 2. The monoisotopic (exact) mass is 445 g/mol. The van der Waals surface area contributed by atoms with Gasteiger partial charge in [0.05, 0.1) is 11.1 Å². The van der Waals surface area contributed by atoms with Crippen LogP contribution in [0.1, 0.15) is 22.8 Å². The number of rotatable bonds is 9. The molecule has 0 heterocycles. The molecular weight excluding hydrogens is 426 g/mol. The molecule has 6 nitrogen and oxygen atoms in total. The van der Waals surface area contributed by atoms with Crippen LogP contribution in [0.4, 0.5) is 0 Å². The fraction of sp³-hybridized carbons (Fsp3) is 0.143. The zero-order chi connectivity index (χ0) is 20.5. The summed E-state index contributed by atoms with van der Waals surface area (Å²) in [5.41, 5.74) is 0.619. The van der Waals surface area contributed by atoms with E-state index in [1.54, 1.807) is 48.5 Å². The average molecular weight is 446 g/mol. The Morgan fingerprint density at radius 1 is 1.21 bits per heavy atom. The molecule has 0 aromatic heterocycles. The quantitative estimate of drug-likeness (QED) is 0.444. The van der Waals surface area contributed by atoms with E-state index < -0.39 is 11.9 Å². The van der Waals surface area contributed by atoms with E-state index in [1.165, 1.54) is 6.08 Å². The normalized spacial score (nSPS) is 10.9. The standard InChI is InChI=1S/C21H20BrNO5/c1-3-10-28-19-16(22)11-14(13-18(19)27-4-2)12-17(21(25)26)23-20(24)15-8-6-5-7-9-15/h3,5-9,11-13H,1,4,10H2,2H3,(H,23,24)(H,25,26). The summed E-state index contributed by atoms with van der Waals surface area (Å²) in [5.74, 6) is -0.831. The van der Waals surface area contributed by atoms with Gasteiger partial charge in [0.2, 0.25) is 0 Å². The summed E-state index contributed by atoms with van der Waals surface area (Å²) in [6.07, 6.45) is 2.96. The number of aliphatic carboxylic acids is 1. The molecule has 0 unspecified atom stereocenters. The number of benzene rings is 2. The van der Waals surface area contributed by atoms with Gasteiger partial charge in [0.1, 0.15) is 12.3 Å². The lowest BCUT2D eigenvalue weighted by atomic mass is 10.1. The number of hydrogen-bond acceptors (Lipinski definition) is 4. The molecule has 146 valence electrons. The maximum atomic E-state index is 12.3. The van der Waals surface area contributed by atoms with Gasteiger partial charge in [-0.25, -0.2) is 4.79 Å². The molecule has 0 aliphatic carbocycles. The van der Waals surface area contributed by atoms with E-state index >= 15 is 0 Å². The Kier molecular flexibility index (Phi) is 7.83. The molecule has 0 aliphatic rings. The molecule has 0 atom stereocenters. The Morgan fingerprint density at radius 3 is 2.54 bits per heavy atom. The van der Waals surface area contributed by atoms with Gasteiger partial charge in [-0.1, -0.05) is 30.9 Å². The minimum Gasteiger partial charge on any atom is -0.490 e. The van der Waals surface area contributed by atoms with Crippen molar-refractivity contribution in [3.63, 3.8) is 0 Å². The number of carbonyl (C=O) groups excluding carboxylic acids is 1. The predicted molar refractivity (Wildman–Crippen MR) is 111 cm³/mol. The van der Waals surface area contributed by atoms with E-state index in [0.29, 0.717) is 40.3 Å². The van der Waals surface area contributed by atoms with E-state index in [4.69, 9.17) is 9.47 Å². The second-order valence-corrected chi connectivity index (χ2v) is 6.40. The molecule has 0 saturated heterocycles. The fourth-order valence-electron chi connectivity index (χ4n) is 2.32. The molecule has 0 aliphatic heterocycles. The third-order valence-electron chi connectivity index (χ3n) is 3.50. The van der Waals surface area contributed by atoms with Crippen LogP contribution in [0.25, 0.3) is 6.08 Å². The number of carbonyl (C=O) groups is 2. The van der Waals surface area contributed by atoms with Crippen LogP contribution in [0.3, 0.4) is 0 Å². The molecule has 0 fully saturated rings. The highest BCUT2D eigenvalue weighted by atomic mass is 79.9. The maximum absolute atomic E-state index is 12.3. The predicted octanol–water partition coefficient (Wildman–Crippen LogP) is 4.27. The molecular formula is C21H20BrNO5. The van der Waals surface area contributed by atoms with Gasteiger partial charge < -0.3 is 19.9 Å². The van der Waals surface area contributed by atoms with Crippen LogP contribution >= 0.6 is 15.9 Å². The fourth-order valence-corrected chi connectivity index (χ4v) is 2.89. The third kappa shape index (κ3) is 5.72. The molecule has 0 radical (unpaired) electrons. The van der Waals surface area contributed by atoms with Crippen LogP contribution in [0.2, 0.25) is 0 Å². The van der Waals surface area contributed by atoms with Crippen molar-refractivity contribution in [3.8, 4) is 11.5 Å². The van der Waals surface area contributed by atoms with Crippen LogP contribution < -0.4 is 14.8 Å². The molecule has 2 aromatic rings. The van der Waals surface area contributed by atoms with E-state index in [2.05, 4.69) is 27.8 Å². The second kappa shape index (κ2) is 10.3. The Hall–Kier alpha value is -3.06. The van der Waals surface area contributed by atoms with Crippen LogP contribution in [0.15, 0.2) is 65.3 Å². The minimum atomic E-state index is -1.26. The largest absolute Gasteiger partial charge is 0.490 e. The Labute approximate surface area is 171 Å². The number of amides is 1. The molecule has 0 bridgehead atoms. The lowest BCUT2D eigenvalue weighted by Gasteiger charge is -2.14. The molecule has 1 amide bonds. The molecule has 0 spiro atoms. The third-order valence-corrected chi connectivity index (χ3v) is 4.09. The molecule has 2 N–H and O–H groups in total. The van der Waals surface area contributed by atoms with Crippen molar-refractivity contribution in [2.24, 2.45) is 0 Å². The lowest BCUT2D eigenvalue weighted by Crippen LogP contribution is -2.27. The minimum absolute atomic E-state index is 0.261. The van der Waals surface area contributed by atoms with E-state index in [0.717, 1.165) is 0 Å². The summed E-state index contributed by atoms with van der Waals surface area (Å²) in [6.45, 7) is 6.14. The molecule has 2 aromatic carbocycles. The van der Waals surface area contributed by atoms with E-state index in [1.807, 2.05) is 6.92 Å². The van der Waals surface area contributed by atoms with Gasteiger partial charge in [-0.2, -0.15) is 0 Å². The average Bonchev–Trinajstić information content (AvgIpc) is 2.67. The summed E-state index contributed by atoms with van der Waals surface area (Å²) in [7, 11) is 0. The summed E-state index contributed by atoms with van der Waals surface area (Å²) in [5, 5.41) is 11.9. The van der Waals surface area contributed by atoms with Gasteiger partial charge in [-0.05, 0) is 58.8 Å². The molecule has 28 heavy (non-hydrogen) atoms. The number of carboxylic acid groups (broad SMARTS) is 1. The van der Waals surface area contributed by atoms with Gasteiger partial charge in [-0.3, -0.25) is 4.79 Å². The van der Waals surface area contributed by atoms with Gasteiger partial charge in [0.15, 0.2) is 11.5 Å². The number of halogens is 1. The zero-order valence-electron chi connectivity index (χ0n) is 15.3. The number of carboxylic acids is 1. The molecule has 0 saturated carbocycles. The van der Waals surface area contributed by atoms with Crippen molar-refractivity contribution >= 4 is 33.9 Å². The first-order chi connectivity index (χ1) is 13.5. The summed E-state index contributed by atoms with van der Waals surface area (Å²) in [4.78, 5) is 23.9. The SMILES string of the molecule is C=CCOc1c(Br)cc(C=C(NC(=O)c2ccccc2)C(=O)O)cc1OCC. The Bertz CT molecular complexity index is 893. The van der Waals surface area contributed by atoms with Crippen molar-refractivity contribution < 1.29 is 24.2 Å². The van der Waals surface area contributed by atoms with Crippen molar-refractivity contribution in [3.05, 3.63) is 76.4 Å². The highest BCUT2D eigenvalue weighted by molar-refractivity contribution is 9.10. The summed E-state index contributed by atoms with van der Waals surface area (Å²) in [6, 6.07) is 11.7. The first-order valence-corrected chi connectivity index (χ1v) is 9.27. The van der Waals surface area contributed by atoms with Gasteiger partial charge in [0.25, 0.3) is 5.91 Å². The van der Waals surface area contributed by atoms with Crippen LogP contribution in [0, 0.1) is 0 Å². The lowest BCUT2D eigenvalue weighted by molar-refractivity contribution is -0.132. The topological polar surface area (TPSA) is 84.9 Å². The Morgan fingerprint density at radius 2 is 1.93 bits per heavy atom. The highest BCUT2D eigenvalue weighted by Crippen LogP contribution is 2.37. The smallest absolute Gasteiger partial charge is 0.352 e. The van der Waals surface area contributed by atoms with Crippen LogP contribution in [-0.4, -0.2) is 30.2 Å². The number of ether oxygens (including phenoxy) is 2. The summed E-state index contributed by atoms with van der Waals surface area (Å²) < 4.78 is 11.8. The molecule has 7 heteroatoms. The Balaban J connectivity index is 2.36. The number of nitrogens with one attached hydrogen (secondary N) is 1. The van der Waals surface area contributed by atoms with E-state index in [9.17, 15) is 14.7 Å². The zero-order valence-corrected chi connectivity index (χ0v) is 16.9. The maximum Gasteiger partial charge on any atom is 0.352 e. The van der Waals surface area contributed by atoms with Gasteiger partial charge in [0, 0.05) is 5.56 Å². The van der Waals surface area contributed by atoms with Crippen molar-refractivity contribution in [2.45, 2.75) is 6.92 Å². The van der Waals surface area contributed by atoms with E-state index in [-0.39, 0.29) is 5.70 Å². The summed E-state index contributed by atoms with van der Waals surface area (Å²) >= 11 is 3.41. The highest BCUT2D eigenvalue weighted by Gasteiger charge is 2.16. The van der Waals surface area contributed by atoms with Crippen molar-refractivity contribution in [1.82, 2.24) is 5.32 Å². The molecule has 2 rings (SSSR count).